The van der Waals surface area contributed by atoms with Crippen molar-refractivity contribution in [1.82, 2.24) is 15.3 Å². The van der Waals surface area contributed by atoms with Crippen molar-refractivity contribution in [3.63, 3.8) is 0 Å². The van der Waals surface area contributed by atoms with E-state index in [1.165, 1.54) is 0 Å². The van der Waals surface area contributed by atoms with Crippen LogP contribution in [0.2, 0.25) is 0 Å². The van der Waals surface area contributed by atoms with Gasteiger partial charge in [0.25, 0.3) is 5.56 Å². The van der Waals surface area contributed by atoms with Gasteiger partial charge in [0.15, 0.2) is 0 Å². The second-order valence-corrected chi connectivity index (χ2v) is 6.77. The molecule has 0 amide bonds. The van der Waals surface area contributed by atoms with Crippen LogP contribution in [0.4, 0.5) is 0 Å². The van der Waals surface area contributed by atoms with Gasteiger partial charge in [-0.1, -0.05) is 6.92 Å². The topological polar surface area (TPSA) is 57.8 Å². The van der Waals surface area contributed by atoms with E-state index in [4.69, 9.17) is 0 Å². The third kappa shape index (κ3) is 2.87. The molecule has 0 atom stereocenters. The van der Waals surface area contributed by atoms with Crippen LogP contribution in [0.5, 0.6) is 0 Å². The largest absolute Gasteiger partial charge is 0.309 e. The molecule has 0 bridgehead atoms. The molecule has 104 valence electrons. The molecule has 0 fully saturated rings. The van der Waals surface area contributed by atoms with Gasteiger partial charge in [-0.15, -0.1) is 11.3 Å². The molecule has 2 aromatic heterocycles. The van der Waals surface area contributed by atoms with Crippen molar-refractivity contribution in [3.8, 4) is 0 Å². The van der Waals surface area contributed by atoms with Crippen LogP contribution in [0.1, 0.15) is 43.5 Å². The van der Waals surface area contributed by atoms with Gasteiger partial charge in [-0.3, -0.25) is 4.79 Å². The molecule has 0 aromatic carbocycles. The van der Waals surface area contributed by atoms with Crippen molar-refractivity contribution in [2.24, 2.45) is 0 Å². The average molecular weight is 279 g/mol. The number of H-pyrrole nitrogens is 1. The molecule has 2 aromatic rings. The molecule has 0 saturated carbocycles. The van der Waals surface area contributed by atoms with E-state index in [-0.39, 0.29) is 11.1 Å². The number of aromatic amines is 1. The Morgan fingerprint density at radius 3 is 2.68 bits per heavy atom. The third-order valence-corrected chi connectivity index (χ3v) is 4.81. The van der Waals surface area contributed by atoms with E-state index < -0.39 is 0 Å². The molecule has 2 N–H and O–H groups in total. The second kappa shape index (κ2) is 5.06. The summed E-state index contributed by atoms with van der Waals surface area (Å²) in [6.45, 7) is 11.0. The van der Waals surface area contributed by atoms with E-state index >= 15 is 0 Å². The van der Waals surface area contributed by atoms with E-state index in [1.807, 2.05) is 13.8 Å². The molecule has 0 aliphatic rings. The summed E-state index contributed by atoms with van der Waals surface area (Å²) in [7, 11) is 0. The van der Waals surface area contributed by atoms with Crippen LogP contribution >= 0.6 is 11.3 Å². The van der Waals surface area contributed by atoms with Crippen molar-refractivity contribution in [1.29, 1.82) is 0 Å². The Kier molecular flexibility index (Phi) is 3.78. The molecule has 0 unspecified atom stereocenters. The quantitative estimate of drug-likeness (QED) is 0.904. The van der Waals surface area contributed by atoms with Gasteiger partial charge in [0.1, 0.15) is 10.7 Å². The first-order valence-electron chi connectivity index (χ1n) is 6.58. The van der Waals surface area contributed by atoms with Crippen LogP contribution in [0.3, 0.4) is 0 Å². The highest BCUT2D eigenvalue weighted by atomic mass is 32.1. The number of rotatable bonds is 4. The summed E-state index contributed by atoms with van der Waals surface area (Å²) >= 11 is 1.59. The van der Waals surface area contributed by atoms with E-state index in [9.17, 15) is 4.79 Å². The van der Waals surface area contributed by atoms with Crippen LogP contribution in [0.25, 0.3) is 10.2 Å². The maximum absolute atomic E-state index is 12.1. The zero-order chi connectivity index (χ0) is 14.2. The minimum atomic E-state index is -0.0297. The first-order chi connectivity index (χ1) is 8.84. The summed E-state index contributed by atoms with van der Waals surface area (Å²) < 4.78 is 0. The third-order valence-electron chi connectivity index (χ3n) is 3.71. The predicted octanol–water partition coefficient (Wildman–Crippen LogP) is 2.88. The molecular formula is C14H21N3OS. The molecule has 4 nitrogen and oxygen atoms in total. The minimum Gasteiger partial charge on any atom is -0.309 e. The molecule has 19 heavy (non-hydrogen) atoms. The lowest BCUT2D eigenvalue weighted by atomic mass is 10.0. The van der Waals surface area contributed by atoms with Gasteiger partial charge in [0, 0.05) is 10.4 Å². The van der Waals surface area contributed by atoms with Gasteiger partial charge in [-0.05, 0) is 39.7 Å². The Labute approximate surface area is 117 Å². The summed E-state index contributed by atoms with van der Waals surface area (Å²) in [5.74, 6) is 0.709. The number of aromatic nitrogens is 2. The van der Waals surface area contributed by atoms with E-state index in [2.05, 4.69) is 36.1 Å². The summed E-state index contributed by atoms with van der Waals surface area (Å²) in [4.78, 5) is 21.5. The molecule has 2 rings (SSSR count). The fourth-order valence-electron chi connectivity index (χ4n) is 1.83. The number of fused-ring (bicyclic) bond motifs is 1. The summed E-state index contributed by atoms with van der Waals surface area (Å²) in [5, 5.41) is 4.15. The molecule has 0 aliphatic heterocycles. The van der Waals surface area contributed by atoms with Crippen molar-refractivity contribution >= 4 is 21.6 Å². The lowest BCUT2D eigenvalue weighted by Gasteiger charge is -2.24. The fourth-order valence-corrected chi connectivity index (χ4v) is 2.88. The summed E-state index contributed by atoms with van der Waals surface area (Å²) in [5.41, 5.74) is 1.06. The zero-order valence-corrected chi connectivity index (χ0v) is 13.0. The predicted molar refractivity (Wildman–Crippen MR) is 80.9 cm³/mol. The number of hydrogen-bond acceptors (Lipinski definition) is 4. The molecule has 5 heteroatoms. The van der Waals surface area contributed by atoms with E-state index in [0.717, 1.165) is 27.1 Å². The summed E-state index contributed by atoms with van der Waals surface area (Å²) in [6, 6.07) is 0. The lowest BCUT2D eigenvalue weighted by molar-refractivity contribution is 0.370. The lowest BCUT2D eigenvalue weighted by Crippen LogP contribution is -2.38. The molecule has 0 saturated heterocycles. The number of hydrogen-bond donors (Lipinski definition) is 2. The minimum absolute atomic E-state index is 0.0297. The van der Waals surface area contributed by atoms with Crippen LogP contribution in [0, 0.1) is 13.8 Å². The van der Waals surface area contributed by atoms with E-state index in [1.54, 1.807) is 11.3 Å². The molecule has 2 heterocycles. The number of aryl methyl sites for hydroxylation is 2. The molecule has 0 spiro atoms. The van der Waals surface area contributed by atoms with Gasteiger partial charge in [-0.2, -0.15) is 0 Å². The number of nitrogens with one attached hydrogen (secondary N) is 2. The van der Waals surface area contributed by atoms with Crippen molar-refractivity contribution in [2.75, 3.05) is 0 Å². The van der Waals surface area contributed by atoms with Crippen LogP contribution in [0.15, 0.2) is 4.79 Å². The molecule has 0 aliphatic carbocycles. The highest BCUT2D eigenvalue weighted by Gasteiger charge is 2.16. The monoisotopic (exact) mass is 279 g/mol. The number of nitrogens with zero attached hydrogens (tertiary/aromatic N) is 1. The van der Waals surface area contributed by atoms with Crippen molar-refractivity contribution < 1.29 is 0 Å². The van der Waals surface area contributed by atoms with Crippen LogP contribution in [-0.4, -0.2) is 15.5 Å². The number of thiophene rings is 1. The molecule has 0 radical (unpaired) electrons. The van der Waals surface area contributed by atoms with Gasteiger partial charge in [0.05, 0.1) is 11.9 Å². The highest BCUT2D eigenvalue weighted by Crippen LogP contribution is 2.25. The Morgan fingerprint density at radius 2 is 2.05 bits per heavy atom. The standard InChI is InChI=1S/C14H21N3OS/c1-6-14(4,5)15-7-10-16-12(18)11-8(2)9(3)19-13(11)17-10/h15H,6-7H2,1-5H3,(H,16,17,18). The van der Waals surface area contributed by atoms with Gasteiger partial charge in [-0.25, -0.2) is 4.98 Å². The van der Waals surface area contributed by atoms with Crippen LogP contribution < -0.4 is 10.9 Å². The fraction of sp³-hybridized carbons (Fsp3) is 0.571. The van der Waals surface area contributed by atoms with Gasteiger partial charge < -0.3 is 10.3 Å². The summed E-state index contributed by atoms with van der Waals surface area (Å²) in [6.07, 6.45) is 1.02. The Bertz CT molecular complexity index is 654. The van der Waals surface area contributed by atoms with Crippen LogP contribution in [-0.2, 0) is 6.54 Å². The Hall–Kier alpha value is -1.20. The molecular weight excluding hydrogens is 258 g/mol. The van der Waals surface area contributed by atoms with Crippen molar-refractivity contribution in [2.45, 2.75) is 53.1 Å². The van der Waals surface area contributed by atoms with Gasteiger partial charge >= 0.3 is 0 Å². The Balaban J connectivity index is 2.34. The average Bonchev–Trinajstić information content (AvgIpc) is 2.63. The first kappa shape index (κ1) is 14.2. The highest BCUT2D eigenvalue weighted by molar-refractivity contribution is 7.18. The Morgan fingerprint density at radius 1 is 1.37 bits per heavy atom. The smallest absolute Gasteiger partial charge is 0.259 e. The normalized spacial score (nSPS) is 12.3. The van der Waals surface area contributed by atoms with E-state index in [0.29, 0.717) is 12.4 Å². The van der Waals surface area contributed by atoms with Crippen molar-refractivity contribution in [3.05, 3.63) is 26.6 Å². The first-order valence-corrected chi connectivity index (χ1v) is 7.39. The van der Waals surface area contributed by atoms with Gasteiger partial charge in [0.2, 0.25) is 0 Å². The SMILES string of the molecule is CCC(C)(C)NCc1nc2sc(C)c(C)c2c(=O)[nH]1. The zero-order valence-electron chi connectivity index (χ0n) is 12.2. The maximum Gasteiger partial charge on any atom is 0.259 e. The second-order valence-electron chi connectivity index (χ2n) is 5.57. The maximum atomic E-state index is 12.1.